The maximum Gasteiger partial charge on any atom is 0.250 e. The van der Waals surface area contributed by atoms with Crippen LogP contribution in [-0.4, -0.2) is 23.2 Å². The second kappa shape index (κ2) is 9.54. The summed E-state index contributed by atoms with van der Waals surface area (Å²) in [4.78, 5) is 16.7. The SMILES string of the molecule is COc1ccc(CC(=O)Nc2ccc(-c3noc(C=Cc4ccccc4)n3)cc2)cc1. The van der Waals surface area contributed by atoms with E-state index in [0.29, 0.717) is 17.4 Å². The number of anilines is 1. The molecule has 0 aliphatic carbocycles. The number of hydrogen-bond donors (Lipinski definition) is 1. The smallest absolute Gasteiger partial charge is 0.250 e. The van der Waals surface area contributed by atoms with Crippen LogP contribution in [0.5, 0.6) is 5.75 Å². The Morgan fingerprint density at radius 1 is 0.968 bits per heavy atom. The first-order chi connectivity index (χ1) is 15.2. The van der Waals surface area contributed by atoms with Crippen molar-refractivity contribution in [3.05, 3.63) is 95.9 Å². The minimum absolute atomic E-state index is 0.0918. The van der Waals surface area contributed by atoms with Crippen molar-refractivity contribution in [3.63, 3.8) is 0 Å². The number of amides is 1. The number of hydrogen-bond acceptors (Lipinski definition) is 5. The topological polar surface area (TPSA) is 77.2 Å². The first kappa shape index (κ1) is 20.1. The standard InChI is InChI=1S/C25H21N3O3/c1-30-22-14-7-19(8-15-22)17-23(29)26-21-12-10-20(11-13-21)25-27-24(31-28-25)16-9-18-5-3-2-4-6-18/h2-16H,17H2,1H3,(H,26,29). The predicted molar refractivity (Wildman–Crippen MR) is 120 cm³/mol. The number of nitrogens with zero attached hydrogens (tertiary/aromatic N) is 2. The number of nitrogens with one attached hydrogen (secondary N) is 1. The summed E-state index contributed by atoms with van der Waals surface area (Å²) in [5, 5.41) is 6.92. The minimum atomic E-state index is -0.0918. The Labute approximate surface area is 180 Å². The van der Waals surface area contributed by atoms with Gasteiger partial charge in [0.05, 0.1) is 13.5 Å². The highest BCUT2D eigenvalue weighted by Gasteiger charge is 2.08. The summed E-state index contributed by atoms with van der Waals surface area (Å²) in [6.07, 6.45) is 3.98. The number of carbonyl (C=O) groups is 1. The van der Waals surface area contributed by atoms with Gasteiger partial charge >= 0.3 is 0 Å². The van der Waals surface area contributed by atoms with Crippen molar-refractivity contribution in [2.75, 3.05) is 12.4 Å². The second-order valence-electron chi connectivity index (χ2n) is 6.85. The summed E-state index contributed by atoms with van der Waals surface area (Å²) in [6.45, 7) is 0. The summed E-state index contributed by atoms with van der Waals surface area (Å²) >= 11 is 0. The van der Waals surface area contributed by atoms with Gasteiger partial charge in [0.1, 0.15) is 5.75 Å². The highest BCUT2D eigenvalue weighted by atomic mass is 16.5. The van der Waals surface area contributed by atoms with E-state index in [4.69, 9.17) is 9.26 Å². The van der Waals surface area contributed by atoms with Crippen LogP contribution in [0.1, 0.15) is 17.0 Å². The highest BCUT2D eigenvalue weighted by Crippen LogP contribution is 2.20. The number of rotatable bonds is 7. The monoisotopic (exact) mass is 411 g/mol. The van der Waals surface area contributed by atoms with Gasteiger partial charge in [-0.3, -0.25) is 4.79 Å². The lowest BCUT2D eigenvalue weighted by Gasteiger charge is -2.06. The molecule has 3 aromatic carbocycles. The van der Waals surface area contributed by atoms with Crippen molar-refractivity contribution in [2.45, 2.75) is 6.42 Å². The largest absolute Gasteiger partial charge is 0.497 e. The molecule has 6 heteroatoms. The van der Waals surface area contributed by atoms with Crippen LogP contribution in [0.15, 0.2) is 83.4 Å². The van der Waals surface area contributed by atoms with Crippen molar-refractivity contribution in [3.8, 4) is 17.1 Å². The summed E-state index contributed by atoms with van der Waals surface area (Å²) < 4.78 is 10.4. The van der Waals surface area contributed by atoms with Gasteiger partial charge in [-0.05, 0) is 53.6 Å². The van der Waals surface area contributed by atoms with E-state index in [-0.39, 0.29) is 12.3 Å². The molecule has 0 radical (unpaired) electrons. The van der Waals surface area contributed by atoms with E-state index in [1.807, 2.05) is 84.9 Å². The van der Waals surface area contributed by atoms with E-state index < -0.39 is 0 Å². The Hall–Kier alpha value is -4.19. The van der Waals surface area contributed by atoms with Gasteiger partial charge in [-0.15, -0.1) is 0 Å². The van der Waals surface area contributed by atoms with Gasteiger partial charge in [0.15, 0.2) is 0 Å². The molecule has 0 saturated heterocycles. The number of benzene rings is 3. The zero-order chi connectivity index (χ0) is 21.5. The van der Waals surface area contributed by atoms with Crippen LogP contribution in [0.3, 0.4) is 0 Å². The van der Waals surface area contributed by atoms with Crippen molar-refractivity contribution >= 4 is 23.7 Å². The van der Waals surface area contributed by atoms with E-state index in [1.54, 1.807) is 13.2 Å². The molecule has 6 nitrogen and oxygen atoms in total. The first-order valence-electron chi connectivity index (χ1n) is 9.80. The van der Waals surface area contributed by atoms with Gasteiger partial charge in [-0.1, -0.05) is 47.6 Å². The average molecular weight is 411 g/mol. The molecular formula is C25H21N3O3. The number of aromatic nitrogens is 2. The Balaban J connectivity index is 1.36. The molecule has 31 heavy (non-hydrogen) atoms. The van der Waals surface area contributed by atoms with Crippen LogP contribution in [0.25, 0.3) is 23.5 Å². The van der Waals surface area contributed by atoms with Crippen LogP contribution in [0, 0.1) is 0 Å². The molecular weight excluding hydrogens is 390 g/mol. The molecule has 0 spiro atoms. The van der Waals surface area contributed by atoms with Crippen molar-refractivity contribution in [1.29, 1.82) is 0 Å². The minimum Gasteiger partial charge on any atom is -0.497 e. The fourth-order valence-electron chi connectivity index (χ4n) is 2.99. The van der Waals surface area contributed by atoms with Crippen LogP contribution < -0.4 is 10.1 Å². The molecule has 0 atom stereocenters. The summed E-state index contributed by atoms with van der Waals surface area (Å²) in [7, 11) is 1.61. The maximum atomic E-state index is 12.3. The van der Waals surface area contributed by atoms with Gasteiger partial charge < -0.3 is 14.6 Å². The lowest BCUT2D eigenvalue weighted by molar-refractivity contribution is -0.115. The highest BCUT2D eigenvalue weighted by molar-refractivity contribution is 5.92. The normalized spacial score (nSPS) is 10.9. The molecule has 1 N–H and O–H groups in total. The summed E-state index contributed by atoms with van der Waals surface area (Å²) in [5.74, 6) is 1.59. The van der Waals surface area contributed by atoms with E-state index in [2.05, 4.69) is 15.5 Å². The lowest BCUT2D eigenvalue weighted by Crippen LogP contribution is -2.14. The van der Waals surface area contributed by atoms with Crippen LogP contribution in [0.2, 0.25) is 0 Å². The zero-order valence-electron chi connectivity index (χ0n) is 17.0. The van der Waals surface area contributed by atoms with Crippen molar-refractivity contribution in [2.24, 2.45) is 0 Å². The zero-order valence-corrected chi connectivity index (χ0v) is 17.0. The second-order valence-corrected chi connectivity index (χ2v) is 6.85. The van der Waals surface area contributed by atoms with Crippen LogP contribution in [-0.2, 0) is 11.2 Å². The maximum absolute atomic E-state index is 12.3. The summed E-state index contributed by atoms with van der Waals surface area (Å²) in [6, 6.07) is 24.6. The average Bonchev–Trinajstić information content (AvgIpc) is 3.28. The van der Waals surface area contributed by atoms with Gasteiger partial charge in [0.2, 0.25) is 11.7 Å². The van der Waals surface area contributed by atoms with E-state index in [1.165, 1.54) is 0 Å². The Morgan fingerprint density at radius 2 is 1.71 bits per heavy atom. The molecule has 4 aromatic rings. The van der Waals surface area contributed by atoms with Gasteiger partial charge in [0, 0.05) is 17.3 Å². The molecule has 0 bridgehead atoms. The van der Waals surface area contributed by atoms with Gasteiger partial charge in [-0.2, -0.15) is 4.98 Å². The molecule has 0 aliphatic rings. The van der Waals surface area contributed by atoms with E-state index in [0.717, 1.165) is 22.4 Å². The third kappa shape index (κ3) is 5.45. The number of methoxy groups -OCH3 is 1. The van der Waals surface area contributed by atoms with Gasteiger partial charge in [-0.25, -0.2) is 0 Å². The fraction of sp³-hybridized carbons (Fsp3) is 0.0800. The van der Waals surface area contributed by atoms with Crippen LogP contribution in [0.4, 0.5) is 5.69 Å². The third-order valence-corrected chi connectivity index (χ3v) is 4.61. The fourth-order valence-corrected chi connectivity index (χ4v) is 2.99. The van der Waals surface area contributed by atoms with Crippen molar-refractivity contribution in [1.82, 2.24) is 10.1 Å². The van der Waals surface area contributed by atoms with E-state index >= 15 is 0 Å². The molecule has 1 amide bonds. The molecule has 0 fully saturated rings. The number of carbonyl (C=O) groups excluding carboxylic acids is 1. The Morgan fingerprint density at radius 3 is 2.42 bits per heavy atom. The quantitative estimate of drug-likeness (QED) is 0.458. The lowest BCUT2D eigenvalue weighted by atomic mass is 10.1. The van der Waals surface area contributed by atoms with Crippen molar-refractivity contribution < 1.29 is 14.1 Å². The van der Waals surface area contributed by atoms with Crippen LogP contribution >= 0.6 is 0 Å². The molecule has 4 rings (SSSR count). The molecule has 1 heterocycles. The molecule has 0 saturated carbocycles. The Kier molecular flexibility index (Phi) is 6.18. The molecule has 154 valence electrons. The molecule has 1 aromatic heterocycles. The van der Waals surface area contributed by atoms with Gasteiger partial charge in [0.25, 0.3) is 5.89 Å². The molecule has 0 aliphatic heterocycles. The predicted octanol–water partition coefficient (Wildman–Crippen LogP) is 5.10. The number of ether oxygens (including phenoxy) is 1. The third-order valence-electron chi connectivity index (χ3n) is 4.61. The van der Waals surface area contributed by atoms with E-state index in [9.17, 15) is 4.79 Å². The summed E-state index contributed by atoms with van der Waals surface area (Å²) in [5.41, 5.74) is 3.47. The Bertz CT molecular complexity index is 1160. The first-order valence-corrected chi connectivity index (χ1v) is 9.80. The molecule has 0 unspecified atom stereocenters.